The number of unbranched alkanes of at least 4 members (excludes halogenated alkanes) is 30. The van der Waals surface area contributed by atoms with E-state index in [2.05, 4.69) is 20.8 Å². The summed E-state index contributed by atoms with van der Waals surface area (Å²) in [6, 6.07) is 0. The Hall–Kier alpha value is -0.940. The van der Waals surface area contributed by atoms with E-state index in [1.165, 1.54) is 186 Å². The van der Waals surface area contributed by atoms with Gasteiger partial charge in [0.05, 0.1) is 6.61 Å². The average molecular weight is 713 g/mol. The molecule has 0 aliphatic carbocycles. The van der Waals surface area contributed by atoms with Crippen molar-refractivity contribution in [3.8, 4) is 0 Å². The fraction of sp³-hybridized carbons (Fsp3) is 0.956. The minimum absolute atomic E-state index is 0. The van der Waals surface area contributed by atoms with Crippen LogP contribution in [0.4, 0.5) is 0 Å². The number of aliphatic hydroxyl groups is 2. The number of Topliss-reactive ketones (excluding diaryl/α,β-unsaturated/α-hetero) is 1. The first-order valence-corrected chi connectivity index (χ1v) is 22.0. The number of ether oxygens (including phenoxy) is 1. The highest BCUT2D eigenvalue weighted by Gasteiger charge is 2.07. The molecule has 0 saturated heterocycles. The maximum atomic E-state index is 11.7. The van der Waals surface area contributed by atoms with Gasteiger partial charge in [-0.3, -0.25) is 9.59 Å². The van der Waals surface area contributed by atoms with Crippen LogP contribution in [0.1, 0.15) is 259 Å². The summed E-state index contributed by atoms with van der Waals surface area (Å²) in [6.07, 6.45) is 45.1. The van der Waals surface area contributed by atoms with Crippen molar-refractivity contribution in [1.82, 2.24) is 0 Å². The van der Waals surface area contributed by atoms with E-state index in [9.17, 15) is 9.59 Å². The minimum Gasteiger partial charge on any atom is -0.463 e. The fourth-order valence-electron chi connectivity index (χ4n) is 6.35. The lowest BCUT2D eigenvalue weighted by Crippen LogP contribution is -2.21. The van der Waals surface area contributed by atoms with Crippen LogP contribution in [0.5, 0.6) is 0 Å². The summed E-state index contributed by atoms with van der Waals surface area (Å²) >= 11 is 0. The molecule has 0 aromatic rings. The van der Waals surface area contributed by atoms with E-state index >= 15 is 0 Å². The number of carbonyl (C=O) groups is 2. The number of hydrogen-bond acceptors (Lipinski definition) is 5. The lowest BCUT2D eigenvalue weighted by molar-refractivity contribution is -0.147. The van der Waals surface area contributed by atoms with Gasteiger partial charge in [0.2, 0.25) is 0 Å². The van der Waals surface area contributed by atoms with Crippen molar-refractivity contribution < 1.29 is 24.5 Å². The summed E-state index contributed by atoms with van der Waals surface area (Å²) in [4.78, 5) is 23.0. The Morgan fingerprint density at radius 1 is 0.420 bits per heavy atom. The number of rotatable bonds is 39. The van der Waals surface area contributed by atoms with Crippen molar-refractivity contribution in [2.45, 2.75) is 265 Å². The maximum absolute atomic E-state index is 11.7. The molecule has 1 atom stereocenters. The van der Waals surface area contributed by atoms with Crippen molar-refractivity contribution in [1.29, 1.82) is 0 Å². The second-order valence-corrected chi connectivity index (χ2v) is 14.9. The Balaban J connectivity index is -0.000000867. The van der Waals surface area contributed by atoms with Crippen LogP contribution in [0.25, 0.3) is 0 Å². The van der Waals surface area contributed by atoms with E-state index in [0.717, 1.165) is 38.5 Å². The van der Waals surface area contributed by atoms with Crippen LogP contribution in [0.3, 0.4) is 0 Å². The van der Waals surface area contributed by atoms with Crippen LogP contribution in [0, 0.1) is 0 Å². The normalized spacial score (nSPS) is 11.5. The zero-order chi connectivity index (χ0) is 36.3. The molecule has 0 aliphatic heterocycles. The molecule has 0 heterocycles. The van der Waals surface area contributed by atoms with Gasteiger partial charge in [0.1, 0.15) is 18.5 Å². The van der Waals surface area contributed by atoms with Gasteiger partial charge in [-0.2, -0.15) is 0 Å². The number of hydrogen-bond donors (Lipinski definition) is 2. The Kier molecular flexibility index (Phi) is 51.3. The Morgan fingerprint density at radius 3 is 0.960 bits per heavy atom. The monoisotopic (exact) mass is 713 g/mol. The van der Waals surface area contributed by atoms with Gasteiger partial charge < -0.3 is 14.9 Å². The average Bonchev–Trinajstić information content (AvgIpc) is 3.10. The Labute approximate surface area is 314 Å². The molecule has 0 spiro atoms. The van der Waals surface area contributed by atoms with Crippen LogP contribution >= 0.6 is 0 Å². The maximum Gasteiger partial charge on any atom is 0.305 e. The van der Waals surface area contributed by atoms with Crippen molar-refractivity contribution in [2.75, 3.05) is 13.2 Å². The smallest absolute Gasteiger partial charge is 0.305 e. The first kappa shape index (κ1) is 53.4. The summed E-state index contributed by atoms with van der Waals surface area (Å²) in [6.45, 7) is 6.27. The lowest BCUT2D eigenvalue weighted by atomic mass is 10.0. The molecule has 0 amide bonds. The standard InChI is InChI=1S/C23H46O.C21H42O4.CH4/c1-3-5-7-8-9-10-11-12-13-14-15-16-17-18-20-22-23(24)21-19-6-4-2;1-2-3-4-5-6-7-8-9-10-11-12-13-14-15-16-17-21(24)25-19-20(23)18-22;/h3-22H2,1-2H3;20,22-23H,2-19H2,1H3;1H4. The number of aliphatic hydroxyl groups excluding tert-OH is 2. The highest BCUT2D eigenvalue weighted by molar-refractivity contribution is 5.78. The van der Waals surface area contributed by atoms with Crippen molar-refractivity contribution in [3.63, 3.8) is 0 Å². The molecule has 0 aromatic carbocycles. The largest absolute Gasteiger partial charge is 0.463 e. The summed E-state index contributed by atoms with van der Waals surface area (Å²) in [5.74, 6) is 0.223. The molecule has 1 unspecified atom stereocenters. The second kappa shape index (κ2) is 48.1. The highest BCUT2D eigenvalue weighted by Crippen LogP contribution is 2.15. The zero-order valence-electron chi connectivity index (χ0n) is 33.6. The molecule has 0 saturated carbocycles. The van der Waals surface area contributed by atoms with Crippen LogP contribution < -0.4 is 0 Å². The molecule has 0 radical (unpaired) electrons. The van der Waals surface area contributed by atoms with E-state index < -0.39 is 6.10 Å². The van der Waals surface area contributed by atoms with Gasteiger partial charge in [-0.1, -0.05) is 221 Å². The second-order valence-electron chi connectivity index (χ2n) is 14.9. The summed E-state index contributed by atoms with van der Waals surface area (Å²) < 4.78 is 4.86. The van der Waals surface area contributed by atoms with E-state index in [1.807, 2.05) is 0 Å². The predicted octanol–water partition coefficient (Wildman–Crippen LogP) is 14.2. The minimum atomic E-state index is -0.954. The SMILES string of the molecule is C.CCCCCCCCCCCCCCCCCC(=O)CCCCC.CCCCCCCCCCCCCCCCCC(=O)OCC(O)CO. The molecular formula is C45H92O5. The first-order chi connectivity index (χ1) is 24.0. The van der Waals surface area contributed by atoms with Gasteiger partial charge in [0.25, 0.3) is 0 Å². The van der Waals surface area contributed by atoms with E-state index in [4.69, 9.17) is 14.9 Å². The summed E-state index contributed by atoms with van der Waals surface area (Å²) in [7, 11) is 0. The van der Waals surface area contributed by atoms with Crippen LogP contribution in [-0.4, -0.2) is 41.3 Å². The van der Waals surface area contributed by atoms with Crippen LogP contribution in [-0.2, 0) is 14.3 Å². The van der Waals surface area contributed by atoms with Crippen molar-refractivity contribution >= 4 is 11.8 Å². The molecular weight excluding hydrogens is 620 g/mol. The quantitative estimate of drug-likeness (QED) is 0.0489. The van der Waals surface area contributed by atoms with E-state index in [0.29, 0.717) is 12.2 Å². The van der Waals surface area contributed by atoms with Gasteiger partial charge in [-0.15, -0.1) is 0 Å². The van der Waals surface area contributed by atoms with Gasteiger partial charge in [0.15, 0.2) is 0 Å². The zero-order valence-corrected chi connectivity index (χ0v) is 33.6. The number of ketones is 1. The molecule has 0 aromatic heterocycles. The topological polar surface area (TPSA) is 83.8 Å². The molecule has 0 fully saturated rings. The molecule has 50 heavy (non-hydrogen) atoms. The van der Waals surface area contributed by atoms with Gasteiger partial charge in [-0.05, 0) is 19.3 Å². The van der Waals surface area contributed by atoms with Gasteiger partial charge in [-0.25, -0.2) is 0 Å². The summed E-state index contributed by atoms with van der Waals surface area (Å²) in [5.41, 5.74) is 0. The van der Waals surface area contributed by atoms with Gasteiger partial charge >= 0.3 is 5.97 Å². The molecule has 0 rings (SSSR count). The third kappa shape index (κ3) is 49.2. The van der Waals surface area contributed by atoms with Crippen molar-refractivity contribution in [3.05, 3.63) is 0 Å². The summed E-state index contributed by atoms with van der Waals surface area (Å²) in [5, 5.41) is 17.7. The lowest BCUT2D eigenvalue weighted by Gasteiger charge is -2.08. The highest BCUT2D eigenvalue weighted by atomic mass is 16.5. The fourth-order valence-corrected chi connectivity index (χ4v) is 6.35. The van der Waals surface area contributed by atoms with Crippen molar-refractivity contribution in [2.24, 2.45) is 0 Å². The molecule has 302 valence electrons. The number of esters is 1. The third-order valence-corrected chi connectivity index (χ3v) is 9.75. The molecule has 0 aliphatic rings. The predicted molar refractivity (Wildman–Crippen MR) is 219 cm³/mol. The number of carbonyl (C=O) groups excluding carboxylic acids is 2. The van der Waals surface area contributed by atoms with E-state index in [1.54, 1.807) is 0 Å². The molecule has 0 bridgehead atoms. The molecule has 5 nitrogen and oxygen atoms in total. The Morgan fingerprint density at radius 2 is 0.660 bits per heavy atom. The van der Waals surface area contributed by atoms with Crippen LogP contribution in [0.15, 0.2) is 0 Å². The van der Waals surface area contributed by atoms with Gasteiger partial charge in [0, 0.05) is 19.3 Å². The molecule has 2 N–H and O–H groups in total. The Bertz CT molecular complexity index is 637. The van der Waals surface area contributed by atoms with E-state index in [-0.39, 0.29) is 26.6 Å². The molecule has 5 heteroatoms. The third-order valence-electron chi connectivity index (χ3n) is 9.75. The van der Waals surface area contributed by atoms with Crippen LogP contribution in [0.2, 0.25) is 0 Å². The first-order valence-electron chi connectivity index (χ1n) is 22.0.